The summed E-state index contributed by atoms with van der Waals surface area (Å²) < 4.78 is 11.2. The van der Waals surface area contributed by atoms with Crippen molar-refractivity contribution in [3.05, 3.63) is 84.4 Å². The summed E-state index contributed by atoms with van der Waals surface area (Å²) in [5, 5.41) is 5.27. The monoisotopic (exact) mass is 477 g/mol. The first-order valence-electron chi connectivity index (χ1n) is 12.1. The third-order valence-corrected chi connectivity index (χ3v) is 6.66. The van der Waals surface area contributed by atoms with Crippen LogP contribution in [0, 0.1) is 6.92 Å². The molecule has 1 saturated heterocycles. The summed E-state index contributed by atoms with van der Waals surface area (Å²) in [6.45, 7) is 5.58. The van der Waals surface area contributed by atoms with Crippen molar-refractivity contribution >= 4 is 22.4 Å². The molecule has 180 valence electrons. The quantitative estimate of drug-likeness (QED) is 0.327. The number of piperazine rings is 1. The second-order valence-corrected chi connectivity index (χ2v) is 9.01. The number of hydrogen-bond acceptors (Lipinski definition) is 7. The van der Waals surface area contributed by atoms with Gasteiger partial charge in [-0.2, -0.15) is 4.98 Å². The van der Waals surface area contributed by atoms with Gasteiger partial charge in [-0.1, -0.05) is 53.2 Å². The zero-order chi connectivity index (χ0) is 24.5. The van der Waals surface area contributed by atoms with Gasteiger partial charge in [-0.3, -0.25) is 0 Å². The molecule has 0 radical (unpaired) electrons. The van der Waals surface area contributed by atoms with E-state index in [1.165, 1.54) is 5.69 Å². The summed E-state index contributed by atoms with van der Waals surface area (Å²) in [5.41, 5.74) is 5.09. The zero-order valence-electron chi connectivity index (χ0n) is 20.4. The van der Waals surface area contributed by atoms with Crippen LogP contribution in [-0.2, 0) is 0 Å². The second kappa shape index (κ2) is 9.34. The van der Waals surface area contributed by atoms with Crippen LogP contribution in [0.2, 0.25) is 0 Å². The SMILES string of the molecule is COc1cccc(N2CCN(c3cc(-c4nc(-c5cccc(C)c5)no4)c4ccccc4n3)CC2)c1. The molecule has 5 aromatic rings. The van der Waals surface area contributed by atoms with Crippen LogP contribution in [0.1, 0.15) is 5.56 Å². The smallest absolute Gasteiger partial charge is 0.259 e. The molecular weight excluding hydrogens is 450 g/mol. The zero-order valence-corrected chi connectivity index (χ0v) is 20.4. The predicted octanol–water partition coefficient (Wildman–Crippen LogP) is 5.60. The molecule has 0 spiro atoms. The lowest BCUT2D eigenvalue weighted by Gasteiger charge is -2.37. The van der Waals surface area contributed by atoms with E-state index in [-0.39, 0.29) is 0 Å². The fourth-order valence-electron chi connectivity index (χ4n) is 4.74. The Bertz CT molecular complexity index is 1520. The highest BCUT2D eigenvalue weighted by atomic mass is 16.5. The molecule has 1 aliphatic rings. The van der Waals surface area contributed by atoms with Crippen LogP contribution in [0.15, 0.2) is 83.4 Å². The molecule has 1 fully saturated rings. The van der Waals surface area contributed by atoms with Crippen molar-refractivity contribution in [1.29, 1.82) is 0 Å². The van der Waals surface area contributed by atoms with Crippen molar-refractivity contribution in [1.82, 2.24) is 15.1 Å². The molecule has 0 N–H and O–H groups in total. The van der Waals surface area contributed by atoms with Gasteiger partial charge in [0.05, 0.1) is 18.2 Å². The highest BCUT2D eigenvalue weighted by Crippen LogP contribution is 2.32. The first-order chi connectivity index (χ1) is 17.7. The normalized spacial score (nSPS) is 13.8. The van der Waals surface area contributed by atoms with Crippen molar-refractivity contribution in [2.24, 2.45) is 0 Å². The summed E-state index contributed by atoms with van der Waals surface area (Å²) >= 11 is 0. The molecule has 0 saturated carbocycles. The summed E-state index contributed by atoms with van der Waals surface area (Å²) in [4.78, 5) is 14.4. The molecule has 1 aliphatic heterocycles. The number of pyridine rings is 1. The van der Waals surface area contributed by atoms with Gasteiger partial charge >= 0.3 is 0 Å². The Kier molecular flexibility index (Phi) is 5.73. The number of fused-ring (bicyclic) bond motifs is 1. The summed E-state index contributed by atoms with van der Waals surface area (Å²) in [6.07, 6.45) is 0. The molecule has 3 heterocycles. The second-order valence-electron chi connectivity index (χ2n) is 9.01. The van der Waals surface area contributed by atoms with Gasteiger partial charge in [0.2, 0.25) is 5.82 Å². The first-order valence-corrected chi connectivity index (χ1v) is 12.1. The van der Waals surface area contributed by atoms with Gasteiger partial charge in [-0.25, -0.2) is 4.98 Å². The van der Waals surface area contributed by atoms with Crippen molar-refractivity contribution in [2.75, 3.05) is 43.1 Å². The molecule has 36 heavy (non-hydrogen) atoms. The minimum absolute atomic E-state index is 0.501. The molecule has 7 heteroatoms. The molecule has 0 unspecified atom stereocenters. The number of hydrogen-bond donors (Lipinski definition) is 0. The van der Waals surface area contributed by atoms with E-state index >= 15 is 0 Å². The number of rotatable bonds is 5. The highest BCUT2D eigenvalue weighted by Gasteiger charge is 2.22. The Morgan fingerprint density at radius 2 is 1.61 bits per heavy atom. The van der Waals surface area contributed by atoms with Crippen LogP contribution in [-0.4, -0.2) is 48.4 Å². The van der Waals surface area contributed by atoms with Gasteiger partial charge in [-0.05, 0) is 37.3 Å². The van der Waals surface area contributed by atoms with Crippen molar-refractivity contribution < 1.29 is 9.26 Å². The van der Waals surface area contributed by atoms with Gasteiger partial charge in [0.1, 0.15) is 11.6 Å². The number of aromatic nitrogens is 3. The Morgan fingerprint density at radius 1 is 0.806 bits per heavy atom. The maximum absolute atomic E-state index is 5.76. The summed E-state index contributed by atoms with van der Waals surface area (Å²) in [5.74, 6) is 2.88. The van der Waals surface area contributed by atoms with Gasteiger partial charge in [0, 0.05) is 48.9 Å². The van der Waals surface area contributed by atoms with E-state index in [0.717, 1.165) is 65.3 Å². The fraction of sp³-hybridized carbons (Fsp3) is 0.207. The number of para-hydroxylation sites is 1. The summed E-state index contributed by atoms with van der Waals surface area (Å²) in [6, 6.07) is 26.5. The lowest BCUT2D eigenvalue weighted by molar-refractivity contribution is 0.414. The van der Waals surface area contributed by atoms with E-state index in [1.54, 1.807) is 7.11 Å². The van der Waals surface area contributed by atoms with Crippen molar-refractivity contribution in [2.45, 2.75) is 6.92 Å². The maximum Gasteiger partial charge on any atom is 0.259 e. The number of benzene rings is 3. The average molecular weight is 478 g/mol. The fourth-order valence-corrected chi connectivity index (χ4v) is 4.74. The molecule has 0 amide bonds. The number of ether oxygens (including phenoxy) is 1. The van der Waals surface area contributed by atoms with Crippen LogP contribution in [0.25, 0.3) is 33.7 Å². The largest absolute Gasteiger partial charge is 0.497 e. The van der Waals surface area contributed by atoms with Crippen LogP contribution in [0.3, 0.4) is 0 Å². The minimum Gasteiger partial charge on any atom is -0.497 e. The van der Waals surface area contributed by atoms with Crippen molar-refractivity contribution in [3.63, 3.8) is 0 Å². The average Bonchev–Trinajstić information content (AvgIpc) is 3.43. The molecule has 3 aromatic carbocycles. The molecule has 0 aliphatic carbocycles. The molecular formula is C29H27N5O2. The van der Waals surface area contributed by atoms with Gasteiger partial charge in [0.25, 0.3) is 5.89 Å². The van der Waals surface area contributed by atoms with Gasteiger partial charge in [-0.15, -0.1) is 0 Å². The van der Waals surface area contributed by atoms with Gasteiger partial charge < -0.3 is 19.1 Å². The number of methoxy groups -OCH3 is 1. The van der Waals surface area contributed by atoms with E-state index in [2.05, 4.69) is 58.3 Å². The number of nitrogens with zero attached hydrogens (tertiary/aromatic N) is 5. The maximum atomic E-state index is 5.76. The van der Waals surface area contributed by atoms with E-state index in [0.29, 0.717) is 11.7 Å². The Balaban J connectivity index is 1.30. The van der Waals surface area contributed by atoms with E-state index in [4.69, 9.17) is 19.2 Å². The van der Waals surface area contributed by atoms with Crippen LogP contribution >= 0.6 is 0 Å². The lowest BCUT2D eigenvalue weighted by Crippen LogP contribution is -2.46. The van der Waals surface area contributed by atoms with Crippen molar-refractivity contribution in [3.8, 4) is 28.6 Å². The first kappa shape index (κ1) is 22.1. The van der Waals surface area contributed by atoms with E-state index < -0.39 is 0 Å². The predicted molar refractivity (Wildman–Crippen MR) is 143 cm³/mol. The van der Waals surface area contributed by atoms with Crippen LogP contribution < -0.4 is 14.5 Å². The highest BCUT2D eigenvalue weighted by molar-refractivity contribution is 5.94. The lowest BCUT2D eigenvalue weighted by atomic mass is 10.1. The van der Waals surface area contributed by atoms with Crippen LogP contribution in [0.4, 0.5) is 11.5 Å². The standard InChI is InChI=1S/C29H27N5O2/c1-20-7-5-8-21(17-20)28-31-29(36-32-28)25-19-27(30-26-12-4-3-11-24(25)26)34-15-13-33(14-16-34)22-9-6-10-23(18-22)35-2/h3-12,17-19H,13-16H2,1-2H3. The molecule has 0 atom stereocenters. The molecule has 6 rings (SSSR count). The Labute approximate surface area is 210 Å². The summed E-state index contributed by atoms with van der Waals surface area (Å²) in [7, 11) is 1.70. The minimum atomic E-state index is 0.501. The Morgan fingerprint density at radius 3 is 2.44 bits per heavy atom. The Hall–Kier alpha value is -4.39. The molecule has 0 bridgehead atoms. The number of aryl methyl sites for hydroxylation is 1. The third-order valence-electron chi connectivity index (χ3n) is 6.66. The van der Waals surface area contributed by atoms with Gasteiger partial charge in [0.15, 0.2) is 0 Å². The number of anilines is 2. The van der Waals surface area contributed by atoms with Crippen LogP contribution in [0.5, 0.6) is 5.75 Å². The van der Waals surface area contributed by atoms with E-state index in [1.807, 2.05) is 42.5 Å². The molecule has 2 aromatic heterocycles. The van der Waals surface area contributed by atoms with E-state index in [9.17, 15) is 0 Å². The molecule has 7 nitrogen and oxygen atoms in total. The third kappa shape index (κ3) is 4.24. The topological polar surface area (TPSA) is 67.5 Å².